The molecule has 0 bridgehead atoms. The molecule has 0 aromatic heterocycles. The molecule has 5 nitrogen and oxygen atoms in total. The van der Waals surface area contributed by atoms with Crippen molar-refractivity contribution in [2.75, 3.05) is 5.32 Å². The molecule has 1 fully saturated rings. The summed E-state index contributed by atoms with van der Waals surface area (Å²) < 4.78 is 6.11. The van der Waals surface area contributed by atoms with Gasteiger partial charge in [-0.25, -0.2) is 0 Å². The predicted molar refractivity (Wildman–Crippen MR) is 112 cm³/mol. The largest absolute Gasteiger partial charge is 0.475 e. The highest BCUT2D eigenvalue weighted by Gasteiger charge is 2.30. The van der Waals surface area contributed by atoms with Crippen LogP contribution in [0.15, 0.2) is 84.9 Å². The Kier molecular flexibility index (Phi) is 5.56. The van der Waals surface area contributed by atoms with E-state index in [0.29, 0.717) is 17.0 Å². The van der Waals surface area contributed by atoms with Crippen molar-refractivity contribution in [3.05, 3.63) is 96.1 Å². The highest BCUT2D eigenvalue weighted by Crippen LogP contribution is 2.28. The second-order valence-electron chi connectivity index (χ2n) is 7.01. The summed E-state index contributed by atoms with van der Waals surface area (Å²) in [7, 11) is 0. The number of benzene rings is 3. The molecule has 3 aromatic carbocycles. The molecule has 0 radical (unpaired) electrons. The summed E-state index contributed by atoms with van der Waals surface area (Å²) in [6.07, 6.45) is 1.15. The van der Waals surface area contributed by atoms with Crippen LogP contribution in [0.4, 0.5) is 5.69 Å². The first kappa shape index (κ1) is 18.7. The van der Waals surface area contributed by atoms with Gasteiger partial charge in [-0.2, -0.15) is 0 Å². The summed E-state index contributed by atoms with van der Waals surface area (Å²) >= 11 is 0. The Balaban J connectivity index is 1.59. The van der Waals surface area contributed by atoms with E-state index >= 15 is 0 Å². The average Bonchev–Trinajstić information content (AvgIpc) is 3.57. The summed E-state index contributed by atoms with van der Waals surface area (Å²) in [4.78, 5) is 25.7. The minimum Gasteiger partial charge on any atom is -0.475 e. The number of hydrogen-bond acceptors (Lipinski definition) is 3. The van der Waals surface area contributed by atoms with Crippen LogP contribution in [0.5, 0.6) is 5.75 Å². The summed E-state index contributed by atoms with van der Waals surface area (Å²) in [5.74, 6) is -0.126. The Morgan fingerprint density at radius 3 is 2.14 bits per heavy atom. The maximum atomic E-state index is 12.8. The molecular weight excluding hydrogens is 364 g/mol. The Bertz CT molecular complexity index is 985. The Hall–Kier alpha value is -3.60. The van der Waals surface area contributed by atoms with Crippen molar-refractivity contribution in [1.82, 2.24) is 5.32 Å². The lowest BCUT2D eigenvalue weighted by Gasteiger charge is -2.21. The molecule has 5 heteroatoms. The van der Waals surface area contributed by atoms with E-state index in [-0.39, 0.29) is 17.9 Å². The van der Waals surface area contributed by atoms with Crippen molar-refractivity contribution in [1.29, 1.82) is 0 Å². The number of hydrogen-bond donors (Lipinski definition) is 2. The maximum absolute atomic E-state index is 12.8. The van der Waals surface area contributed by atoms with E-state index in [9.17, 15) is 9.59 Å². The fourth-order valence-electron chi connectivity index (χ4n) is 3.01. The third kappa shape index (κ3) is 4.82. The van der Waals surface area contributed by atoms with Gasteiger partial charge in [0.05, 0.1) is 5.56 Å². The van der Waals surface area contributed by atoms with Gasteiger partial charge in [0.15, 0.2) is 0 Å². The van der Waals surface area contributed by atoms with E-state index in [1.165, 1.54) is 0 Å². The van der Waals surface area contributed by atoms with Gasteiger partial charge in [-0.05, 0) is 37.1 Å². The summed E-state index contributed by atoms with van der Waals surface area (Å²) in [6.45, 7) is 0. The molecule has 29 heavy (non-hydrogen) atoms. The SMILES string of the molecule is O=C(Nc1ccccc1)c1ccccc1OC(C(=O)NC1CC1)c1ccccc1. The fourth-order valence-corrected chi connectivity index (χ4v) is 3.01. The van der Waals surface area contributed by atoms with Gasteiger partial charge >= 0.3 is 0 Å². The lowest BCUT2D eigenvalue weighted by atomic mass is 10.1. The lowest BCUT2D eigenvalue weighted by molar-refractivity contribution is -0.128. The predicted octanol–water partition coefficient (Wildman–Crippen LogP) is 4.34. The number of ether oxygens (including phenoxy) is 1. The zero-order valence-electron chi connectivity index (χ0n) is 15.9. The molecule has 2 amide bonds. The normalized spacial score (nSPS) is 13.9. The third-order valence-corrected chi connectivity index (χ3v) is 4.67. The molecule has 0 saturated heterocycles. The molecular formula is C24H22N2O3. The van der Waals surface area contributed by atoms with E-state index in [4.69, 9.17) is 4.74 Å². The van der Waals surface area contributed by atoms with Crippen LogP contribution in [0.2, 0.25) is 0 Å². The van der Waals surface area contributed by atoms with Crippen molar-refractivity contribution in [2.24, 2.45) is 0 Å². The van der Waals surface area contributed by atoms with Gasteiger partial charge in [0, 0.05) is 17.3 Å². The van der Waals surface area contributed by atoms with Crippen molar-refractivity contribution in [3.8, 4) is 5.75 Å². The number of carbonyl (C=O) groups excluding carboxylic acids is 2. The smallest absolute Gasteiger partial charge is 0.266 e. The van der Waals surface area contributed by atoms with Crippen LogP contribution in [0.3, 0.4) is 0 Å². The van der Waals surface area contributed by atoms with Gasteiger partial charge in [-0.15, -0.1) is 0 Å². The van der Waals surface area contributed by atoms with E-state index in [1.54, 1.807) is 24.3 Å². The van der Waals surface area contributed by atoms with Gasteiger partial charge in [0.25, 0.3) is 11.8 Å². The Morgan fingerprint density at radius 2 is 1.45 bits per heavy atom. The van der Waals surface area contributed by atoms with Gasteiger partial charge in [-0.3, -0.25) is 9.59 Å². The molecule has 0 spiro atoms. The Labute approximate surface area is 169 Å². The zero-order valence-corrected chi connectivity index (χ0v) is 15.9. The second-order valence-corrected chi connectivity index (χ2v) is 7.01. The zero-order chi connectivity index (χ0) is 20.1. The van der Waals surface area contributed by atoms with Crippen LogP contribution in [0, 0.1) is 0 Å². The van der Waals surface area contributed by atoms with Crippen molar-refractivity contribution in [3.63, 3.8) is 0 Å². The summed E-state index contributed by atoms with van der Waals surface area (Å²) in [5, 5.41) is 5.86. The van der Waals surface area contributed by atoms with Crippen LogP contribution in [-0.2, 0) is 4.79 Å². The second kappa shape index (κ2) is 8.61. The standard InChI is InChI=1S/C24H22N2O3/c27-23(25-18-11-5-2-6-12-18)20-13-7-8-14-21(20)29-22(17-9-3-1-4-10-17)24(28)26-19-15-16-19/h1-14,19,22H,15-16H2,(H,25,27)(H,26,28). The minimum atomic E-state index is -0.831. The number of rotatable bonds is 7. The molecule has 3 aromatic rings. The lowest BCUT2D eigenvalue weighted by Crippen LogP contribution is -2.34. The summed E-state index contributed by atoms with van der Waals surface area (Å²) in [5.41, 5.74) is 1.80. The molecule has 2 N–H and O–H groups in total. The highest BCUT2D eigenvalue weighted by atomic mass is 16.5. The number of nitrogens with one attached hydrogen (secondary N) is 2. The highest BCUT2D eigenvalue weighted by molar-refractivity contribution is 6.06. The van der Waals surface area contributed by atoms with Gasteiger partial charge < -0.3 is 15.4 Å². The average molecular weight is 386 g/mol. The van der Waals surface area contributed by atoms with Gasteiger partial charge in [0.2, 0.25) is 6.10 Å². The van der Waals surface area contributed by atoms with Crippen LogP contribution in [0.1, 0.15) is 34.9 Å². The third-order valence-electron chi connectivity index (χ3n) is 4.67. The molecule has 1 saturated carbocycles. The number of para-hydroxylation sites is 2. The van der Waals surface area contributed by atoms with E-state index in [2.05, 4.69) is 10.6 Å². The van der Waals surface area contributed by atoms with Crippen molar-refractivity contribution in [2.45, 2.75) is 25.0 Å². The van der Waals surface area contributed by atoms with Crippen LogP contribution in [-0.4, -0.2) is 17.9 Å². The van der Waals surface area contributed by atoms with E-state index in [0.717, 1.165) is 18.4 Å². The minimum absolute atomic E-state index is 0.197. The number of carbonyl (C=O) groups is 2. The topological polar surface area (TPSA) is 67.4 Å². The van der Waals surface area contributed by atoms with Gasteiger partial charge in [-0.1, -0.05) is 60.7 Å². The first-order valence-electron chi connectivity index (χ1n) is 9.68. The number of anilines is 1. The number of amides is 2. The molecule has 1 aliphatic rings. The quantitative estimate of drug-likeness (QED) is 0.635. The molecule has 0 heterocycles. The van der Waals surface area contributed by atoms with E-state index in [1.807, 2.05) is 60.7 Å². The molecule has 1 atom stereocenters. The Morgan fingerprint density at radius 1 is 0.828 bits per heavy atom. The summed E-state index contributed by atoms with van der Waals surface area (Å²) in [6, 6.07) is 25.7. The van der Waals surface area contributed by atoms with Crippen LogP contribution >= 0.6 is 0 Å². The first-order chi connectivity index (χ1) is 14.2. The molecule has 146 valence electrons. The molecule has 1 unspecified atom stereocenters. The molecule has 4 rings (SSSR count). The monoisotopic (exact) mass is 386 g/mol. The first-order valence-corrected chi connectivity index (χ1v) is 9.68. The van der Waals surface area contributed by atoms with Crippen molar-refractivity contribution < 1.29 is 14.3 Å². The maximum Gasteiger partial charge on any atom is 0.266 e. The molecule has 1 aliphatic carbocycles. The van der Waals surface area contributed by atoms with Gasteiger partial charge in [0.1, 0.15) is 5.75 Å². The van der Waals surface area contributed by atoms with Crippen LogP contribution < -0.4 is 15.4 Å². The van der Waals surface area contributed by atoms with Crippen LogP contribution in [0.25, 0.3) is 0 Å². The molecule has 0 aliphatic heterocycles. The fraction of sp³-hybridized carbons (Fsp3) is 0.167. The van der Waals surface area contributed by atoms with Crippen molar-refractivity contribution >= 4 is 17.5 Å². The van der Waals surface area contributed by atoms with E-state index < -0.39 is 6.10 Å².